The lowest BCUT2D eigenvalue weighted by Crippen LogP contribution is -2.40. The molecule has 0 bridgehead atoms. The van der Waals surface area contributed by atoms with E-state index in [9.17, 15) is 17.6 Å². The van der Waals surface area contributed by atoms with Gasteiger partial charge in [-0.2, -0.15) is 4.31 Å². The first-order valence-corrected chi connectivity index (χ1v) is 10.4. The van der Waals surface area contributed by atoms with Gasteiger partial charge in [0, 0.05) is 32.7 Å². The predicted octanol–water partition coefficient (Wildman–Crippen LogP) is 1.73. The third-order valence-corrected chi connectivity index (χ3v) is 6.22. The van der Waals surface area contributed by atoms with E-state index in [0.717, 1.165) is 12.1 Å². The van der Waals surface area contributed by atoms with Gasteiger partial charge in [-0.3, -0.25) is 4.79 Å². The summed E-state index contributed by atoms with van der Waals surface area (Å²) in [5, 5.41) is 0. The number of fused-ring (bicyclic) bond motifs is 1. The van der Waals surface area contributed by atoms with Gasteiger partial charge in [0.15, 0.2) is 5.82 Å². The van der Waals surface area contributed by atoms with E-state index in [4.69, 9.17) is 9.47 Å². The van der Waals surface area contributed by atoms with Crippen molar-refractivity contribution in [3.63, 3.8) is 0 Å². The molecule has 0 saturated carbocycles. The number of rotatable bonds is 7. The molecule has 152 valence electrons. The van der Waals surface area contributed by atoms with Gasteiger partial charge in [-0.05, 0) is 38.1 Å². The van der Waals surface area contributed by atoms with E-state index in [1.54, 1.807) is 13.8 Å². The molecular weight excluding hydrogens is 389 g/mol. The number of nitrogens with one attached hydrogen (secondary N) is 1. The highest BCUT2D eigenvalue weighted by molar-refractivity contribution is 7.89. The minimum absolute atomic E-state index is 0.0221. The second-order valence-corrected chi connectivity index (χ2v) is 8.10. The second kappa shape index (κ2) is 8.48. The van der Waals surface area contributed by atoms with E-state index in [-0.39, 0.29) is 35.8 Å². The molecule has 0 radical (unpaired) electrons. The van der Waals surface area contributed by atoms with Crippen LogP contribution in [0.15, 0.2) is 34.0 Å². The molecule has 2 aromatic rings. The summed E-state index contributed by atoms with van der Waals surface area (Å²) >= 11 is 0. The number of halogens is 1. The molecule has 1 aromatic heterocycles. The van der Waals surface area contributed by atoms with Crippen molar-refractivity contribution >= 4 is 10.0 Å². The van der Waals surface area contributed by atoms with E-state index >= 15 is 0 Å². The van der Waals surface area contributed by atoms with Gasteiger partial charge in [0.05, 0.1) is 16.2 Å². The van der Waals surface area contributed by atoms with Crippen LogP contribution in [-0.2, 0) is 32.5 Å². The molecule has 3 rings (SSSR count). The third kappa shape index (κ3) is 4.14. The molecule has 8 nitrogen and oxygen atoms in total. The average Bonchev–Trinajstić information content (AvgIpc) is 2.68. The van der Waals surface area contributed by atoms with Crippen molar-refractivity contribution in [3.8, 4) is 0 Å². The van der Waals surface area contributed by atoms with Crippen molar-refractivity contribution in [1.82, 2.24) is 14.3 Å². The van der Waals surface area contributed by atoms with Crippen LogP contribution in [0.3, 0.4) is 0 Å². The van der Waals surface area contributed by atoms with Crippen LogP contribution in [-0.4, -0.2) is 42.4 Å². The topological polar surface area (TPSA) is 102 Å². The Labute approximate surface area is 162 Å². The predicted molar refractivity (Wildman–Crippen MR) is 98.6 cm³/mol. The van der Waals surface area contributed by atoms with Crippen molar-refractivity contribution in [1.29, 1.82) is 0 Å². The molecule has 0 atom stereocenters. The SMILES string of the molecule is CCOC(OCC)c1nc2c(c(=O)[nH]1)CN(S(=O)(=O)c1ccc(F)cc1)CC2. The Morgan fingerprint density at radius 1 is 1.21 bits per heavy atom. The lowest BCUT2D eigenvalue weighted by atomic mass is 10.1. The second-order valence-electron chi connectivity index (χ2n) is 6.16. The first kappa shape index (κ1) is 20.6. The highest BCUT2D eigenvalue weighted by Crippen LogP contribution is 2.24. The number of benzene rings is 1. The molecule has 0 fully saturated rings. The number of sulfonamides is 1. The standard InChI is InChI=1S/C18H22FN3O5S/c1-3-26-18(27-4-2)16-20-15-9-10-22(11-14(15)17(23)21-16)28(24,25)13-7-5-12(19)6-8-13/h5-8,18H,3-4,9-11H2,1-2H3,(H,20,21,23). The monoisotopic (exact) mass is 411 g/mol. The van der Waals surface area contributed by atoms with E-state index in [2.05, 4.69) is 9.97 Å². The first-order chi connectivity index (χ1) is 13.4. The largest absolute Gasteiger partial charge is 0.346 e. The summed E-state index contributed by atoms with van der Waals surface area (Å²) in [6, 6.07) is 4.60. The van der Waals surface area contributed by atoms with Crippen LogP contribution in [0, 0.1) is 5.82 Å². The highest BCUT2D eigenvalue weighted by atomic mass is 32.2. The molecule has 0 saturated heterocycles. The van der Waals surface area contributed by atoms with Crippen LogP contribution >= 0.6 is 0 Å². The molecule has 28 heavy (non-hydrogen) atoms. The molecule has 1 aliphatic rings. The smallest absolute Gasteiger partial charge is 0.255 e. The van der Waals surface area contributed by atoms with Crippen LogP contribution in [0.2, 0.25) is 0 Å². The molecule has 1 aromatic carbocycles. The Balaban J connectivity index is 1.89. The zero-order chi connectivity index (χ0) is 20.3. The van der Waals surface area contributed by atoms with Crippen LogP contribution in [0.4, 0.5) is 4.39 Å². The minimum atomic E-state index is -3.85. The molecule has 10 heteroatoms. The van der Waals surface area contributed by atoms with E-state index in [0.29, 0.717) is 18.9 Å². The fourth-order valence-corrected chi connectivity index (χ4v) is 4.41. The summed E-state index contributed by atoms with van der Waals surface area (Å²) in [6.07, 6.45) is -0.508. The number of aromatic amines is 1. The van der Waals surface area contributed by atoms with Crippen molar-refractivity contribution in [2.45, 2.75) is 38.0 Å². The Hall–Kier alpha value is -2.14. The number of hydrogen-bond donors (Lipinski definition) is 1. The lowest BCUT2D eigenvalue weighted by Gasteiger charge is -2.27. The van der Waals surface area contributed by atoms with Gasteiger partial charge in [0.25, 0.3) is 5.56 Å². The summed E-state index contributed by atoms with van der Waals surface area (Å²) in [7, 11) is -3.85. The van der Waals surface area contributed by atoms with Gasteiger partial charge in [0.2, 0.25) is 16.3 Å². The van der Waals surface area contributed by atoms with Gasteiger partial charge in [-0.25, -0.2) is 17.8 Å². The Morgan fingerprint density at radius 3 is 2.46 bits per heavy atom. The average molecular weight is 411 g/mol. The highest BCUT2D eigenvalue weighted by Gasteiger charge is 2.31. The number of H-pyrrole nitrogens is 1. The summed E-state index contributed by atoms with van der Waals surface area (Å²) in [5.41, 5.74) is 0.379. The molecule has 0 unspecified atom stereocenters. The zero-order valence-corrected chi connectivity index (χ0v) is 16.5. The van der Waals surface area contributed by atoms with Gasteiger partial charge in [-0.15, -0.1) is 0 Å². The lowest BCUT2D eigenvalue weighted by molar-refractivity contribution is -0.145. The van der Waals surface area contributed by atoms with Crippen LogP contribution in [0.25, 0.3) is 0 Å². The number of nitrogens with zero attached hydrogens (tertiary/aromatic N) is 2. The fraction of sp³-hybridized carbons (Fsp3) is 0.444. The number of aromatic nitrogens is 2. The van der Waals surface area contributed by atoms with E-state index < -0.39 is 27.7 Å². The minimum Gasteiger partial charge on any atom is -0.346 e. The number of hydrogen-bond acceptors (Lipinski definition) is 6. The van der Waals surface area contributed by atoms with Crippen molar-refractivity contribution in [3.05, 3.63) is 57.5 Å². The molecule has 0 aliphatic carbocycles. The maximum absolute atomic E-state index is 13.1. The van der Waals surface area contributed by atoms with Crippen LogP contribution in [0.1, 0.15) is 37.2 Å². The first-order valence-electron chi connectivity index (χ1n) is 8.97. The van der Waals surface area contributed by atoms with Crippen molar-refractivity contribution in [2.24, 2.45) is 0 Å². The Kier molecular flexibility index (Phi) is 6.23. The van der Waals surface area contributed by atoms with Gasteiger partial charge >= 0.3 is 0 Å². The van der Waals surface area contributed by atoms with E-state index in [1.165, 1.54) is 16.4 Å². The van der Waals surface area contributed by atoms with Gasteiger partial charge in [0.1, 0.15) is 5.82 Å². The summed E-state index contributed by atoms with van der Waals surface area (Å²) in [4.78, 5) is 19.6. The molecule has 2 heterocycles. The fourth-order valence-electron chi connectivity index (χ4n) is 3.00. The van der Waals surface area contributed by atoms with Crippen molar-refractivity contribution < 1.29 is 22.3 Å². The summed E-state index contributed by atoms with van der Waals surface area (Å²) in [5.74, 6) is -0.253. The summed E-state index contributed by atoms with van der Waals surface area (Å²) in [6.45, 7) is 4.44. The van der Waals surface area contributed by atoms with Crippen LogP contribution in [0.5, 0.6) is 0 Å². The van der Waals surface area contributed by atoms with Gasteiger partial charge < -0.3 is 14.5 Å². The maximum atomic E-state index is 13.1. The maximum Gasteiger partial charge on any atom is 0.255 e. The molecule has 1 N–H and O–H groups in total. The molecule has 0 amide bonds. The summed E-state index contributed by atoms with van der Waals surface area (Å²) < 4.78 is 50.8. The molecule has 1 aliphatic heterocycles. The third-order valence-electron chi connectivity index (χ3n) is 4.36. The normalized spacial score (nSPS) is 15.0. The van der Waals surface area contributed by atoms with Crippen molar-refractivity contribution in [2.75, 3.05) is 19.8 Å². The van der Waals surface area contributed by atoms with Crippen LogP contribution < -0.4 is 5.56 Å². The molecular formula is C18H22FN3O5S. The Bertz CT molecular complexity index is 985. The molecule has 0 spiro atoms. The van der Waals surface area contributed by atoms with Gasteiger partial charge in [-0.1, -0.05) is 0 Å². The van der Waals surface area contributed by atoms with E-state index in [1.807, 2.05) is 0 Å². The number of ether oxygens (including phenoxy) is 2. The Morgan fingerprint density at radius 2 is 1.86 bits per heavy atom. The zero-order valence-electron chi connectivity index (χ0n) is 15.6. The quantitative estimate of drug-likeness (QED) is 0.697.